The number of thioether (sulfide) groups is 1. The zero-order chi connectivity index (χ0) is 24.1. The number of amides is 1. The first-order valence-corrected chi connectivity index (χ1v) is 12.9. The number of aromatic nitrogens is 2. The number of anilines is 1. The minimum absolute atomic E-state index is 0.165. The van der Waals surface area contributed by atoms with E-state index in [1.54, 1.807) is 36.7 Å². The van der Waals surface area contributed by atoms with Gasteiger partial charge < -0.3 is 5.32 Å². The van der Waals surface area contributed by atoms with E-state index in [1.165, 1.54) is 23.1 Å². The summed E-state index contributed by atoms with van der Waals surface area (Å²) in [6, 6.07) is 16.5. The molecule has 0 radical (unpaired) electrons. The molecule has 0 aliphatic heterocycles. The number of hydrogen-bond donors (Lipinski definition) is 1. The van der Waals surface area contributed by atoms with E-state index in [2.05, 4.69) is 20.3 Å². The molecule has 172 valence electrons. The van der Waals surface area contributed by atoms with E-state index >= 15 is 0 Å². The van der Waals surface area contributed by atoms with Crippen molar-refractivity contribution < 1.29 is 4.79 Å². The number of thiazole rings is 1. The first-order chi connectivity index (χ1) is 16.4. The number of carbonyl (C=O) groups excluding carboxylic acids is 1. The average Bonchev–Trinajstić information content (AvgIpc) is 3.27. The molecule has 0 saturated heterocycles. The zero-order valence-corrected chi connectivity index (χ0v) is 21.6. The molecule has 1 amide bonds. The molecule has 5 nitrogen and oxygen atoms in total. The maximum absolute atomic E-state index is 12.8. The Balaban J connectivity index is 1.44. The van der Waals surface area contributed by atoms with E-state index in [0.717, 1.165) is 21.7 Å². The molecule has 10 heteroatoms. The smallest absolute Gasteiger partial charge is 0.239 e. The van der Waals surface area contributed by atoms with Crippen molar-refractivity contribution in [1.82, 2.24) is 9.97 Å². The summed E-state index contributed by atoms with van der Waals surface area (Å²) < 4.78 is 0. The van der Waals surface area contributed by atoms with Crippen LogP contribution in [-0.2, 0) is 4.79 Å². The van der Waals surface area contributed by atoms with Gasteiger partial charge in [-0.05, 0) is 49.4 Å². The summed E-state index contributed by atoms with van der Waals surface area (Å²) in [4.78, 5) is 26.8. The molecule has 0 fully saturated rings. The van der Waals surface area contributed by atoms with Gasteiger partial charge in [-0.2, -0.15) is 0 Å². The SMILES string of the molecule is C[C@@H](Sc1ccccc1N=Cc1cccnc1Cl)C(=O)Nc1nc(-c2ccc(Cl)cc2Cl)cs1. The number of halogens is 3. The van der Waals surface area contributed by atoms with Crippen molar-refractivity contribution in [3.8, 4) is 11.3 Å². The first-order valence-electron chi connectivity index (χ1n) is 10.0. The molecule has 34 heavy (non-hydrogen) atoms. The fourth-order valence-electron chi connectivity index (χ4n) is 2.90. The van der Waals surface area contributed by atoms with E-state index in [9.17, 15) is 4.79 Å². The molecule has 0 aliphatic carbocycles. The van der Waals surface area contributed by atoms with Crippen molar-refractivity contribution in [2.24, 2.45) is 4.99 Å². The molecule has 2 heterocycles. The fourth-order valence-corrected chi connectivity index (χ4v) is 5.23. The van der Waals surface area contributed by atoms with Crippen LogP contribution >= 0.6 is 57.9 Å². The minimum atomic E-state index is -0.384. The highest BCUT2D eigenvalue weighted by atomic mass is 35.5. The van der Waals surface area contributed by atoms with E-state index in [-0.39, 0.29) is 11.2 Å². The summed E-state index contributed by atoms with van der Waals surface area (Å²) in [7, 11) is 0. The van der Waals surface area contributed by atoms with E-state index in [4.69, 9.17) is 34.8 Å². The van der Waals surface area contributed by atoms with Gasteiger partial charge in [-0.25, -0.2) is 9.97 Å². The predicted octanol–water partition coefficient (Wildman–Crippen LogP) is 8.04. The molecule has 4 aromatic rings. The van der Waals surface area contributed by atoms with Gasteiger partial charge in [0.1, 0.15) is 5.15 Å². The number of benzene rings is 2. The molecule has 0 spiro atoms. The van der Waals surface area contributed by atoms with Gasteiger partial charge in [-0.3, -0.25) is 9.79 Å². The summed E-state index contributed by atoms with van der Waals surface area (Å²) in [5.74, 6) is -0.165. The number of carbonyl (C=O) groups is 1. The molecular formula is C24H17Cl3N4OS2. The first kappa shape index (κ1) is 24.7. The summed E-state index contributed by atoms with van der Waals surface area (Å²) in [5.41, 5.74) is 2.89. The quantitative estimate of drug-likeness (QED) is 0.144. The molecule has 2 aromatic heterocycles. The molecule has 0 bridgehead atoms. The highest BCUT2D eigenvalue weighted by Crippen LogP contribution is 2.35. The summed E-state index contributed by atoms with van der Waals surface area (Å²) >= 11 is 21.1. The van der Waals surface area contributed by atoms with Crippen LogP contribution in [0.2, 0.25) is 15.2 Å². The Hall–Kier alpha value is -2.42. The highest BCUT2D eigenvalue weighted by molar-refractivity contribution is 8.00. The number of rotatable bonds is 7. The van der Waals surface area contributed by atoms with Gasteiger partial charge in [0.15, 0.2) is 5.13 Å². The van der Waals surface area contributed by atoms with Crippen LogP contribution in [0.5, 0.6) is 0 Å². The van der Waals surface area contributed by atoms with Crippen LogP contribution in [0.25, 0.3) is 11.3 Å². The lowest BCUT2D eigenvalue weighted by Gasteiger charge is -2.12. The highest BCUT2D eigenvalue weighted by Gasteiger charge is 2.18. The van der Waals surface area contributed by atoms with Gasteiger partial charge in [0.05, 0.1) is 21.7 Å². The van der Waals surface area contributed by atoms with Crippen LogP contribution in [-0.4, -0.2) is 27.3 Å². The van der Waals surface area contributed by atoms with Crippen molar-refractivity contribution in [2.45, 2.75) is 17.1 Å². The Morgan fingerprint density at radius 1 is 1.15 bits per heavy atom. The minimum Gasteiger partial charge on any atom is -0.301 e. The number of hydrogen-bond acceptors (Lipinski definition) is 6. The average molecular weight is 548 g/mol. The molecular weight excluding hydrogens is 531 g/mol. The van der Waals surface area contributed by atoms with Crippen LogP contribution in [0.15, 0.2) is 76.1 Å². The maximum atomic E-state index is 12.8. The Kier molecular flexibility index (Phi) is 8.24. The Morgan fingerprint density at radius 2 is 1.97 bits per heavy atom. The van der Waals surface area contributed by atoms with Gasteiger partial charge in [-0.15, -0.1) is 23.1 Å². The normalized spacial score (nSPS) is 12.1. The molecule has 0 unspecified atom stereocenters. The van der Waals surface area contributed by atoms with Crippen molar-refractivity contribution in [1.29, 1.82) is 0 Å². The Bertz CT molecular complexity index is 1360. The summed E-state index contributed by atoms with van der Waals surface area (Å²) in [6.45, 7) is 1.84. The maximum Gasteiger partial charge on any atom is 0.239 e. The number of nitrogens with one attached hydrogen (secondary N) is 1. The van der Waals surface area contributed by atoms with Crippen molar-refractivity contribution >= 4 is 80.8 Å². The molecule has 1 atom stereocenters. The van der Waals surface area contributed by atoms with Crippen LogP contribution in [0.1, 0.15) is 12.5 Å². The predicted molar refractivity (Wildman–Crippen MR) is 144 cm³/mol. The summed E-state index contributed by atoms with van der Waals surface area (Å²) in [6.07, 6.45) is 3.29. The monoisotopic (exact) mass is 546 g/mol. The Labute approximate surface area is 220 Å². The third-order valence-corrected chi connectivity index (χ3v) is 7.40. The molecule has 0 aliphatic rings. The second kappa shape index (κ2) is 11.3. The largest absolute Gasteiger partial charge is 0.301 e. The van der Waals surface area contributed by atoms with Gasteiger partial charge in [0.2, 0.25) is 5.91 Å². The number of aliphatic imine (C=N–C) groups is 1. The molecule has 4 rings (SSSR count). The van der Waals surface area contributed by atoms with Crippen molar-refractivity contribution in [3.05, 3.63) is 86.9 Å². The fraction of sp³-hybridized carbons (Fsp3) is 0.0833. The van der Waals surface area contributed by atoms with Gasteiger partial charge in [0.25, 0.3) is 0 Å². The molecule has 0 saturated carbocycles. The second-order valence-corrected chi connectivity index (χ2v) is 10.5. The van der Waals surface area contributed by atoms with E-state index < -0.39 is 0 Å². The topological polar surface area (TPSA) is 67.2 Å². The van der Waals surface area contributed by atoms with Gasteiger partial charge >= 0.3 is 0 Å². The van der Waals surface area contributed by atoms with Gasteiger partial charge in [-0.1, -0.05) is 46.9 Å². The molecule has 1 N–H and O–H groups in total. The number of pyridine rings is 1. The standard InChI is InChI=1S/C24H17Cl3N4OS2/c1-14(23(32)31-24-30-20(13-33-24)17-9-8-16(25)11-18(17)26)34-21-7-3-2-6-19(21)29-12-15-5-4-10-28-22(15)27/h2-14H,1H3,(H,30,31,32)/t14-/m1/s1. The summed E-state index contributed by atoms with van der Waals surface area (Å²) in [5, 5.41) is 6.27. The van der Waals surface area contributed by atoms with Crippen LogP contribution < -0.4 is 5.32 Å². The number of para-hydroxylation sites is 1. The molecule has 2 aromatic carbocycles. The van der Waals surface area contributed by atoms with Crippen LogP contribution in [0.4, 0.5) is 10.8 Å². The van der Waals surface area contributed by atoms with Crippen LogP contribution in [0, 0.1) is 0 Å². The van der Waals surface area contributed by atoms with Crippen molar-refractivity contribution in [3.63, 3.8) is 0 Å². The van der Waals surface area contributed by atoms with E-state index in [0.29, 0.717) is 26.0 Å². The third-order valence-electron chi connectivity index (χ3n) is 4.61. The Morgan fingerprint density at radius 3 is 2.76 bits per heavy atom. The van der Waals surface area contributed by atoms with Crippen molar-refractivity contribution in [2.75, 3.05) is 5.32 Å². The van der Waals surface area contributed by atoms with Crippen LogP contribution in [0.3, 0.4) is 0 Å². The second-order valence-electron chi connectivity index (χ2n) is 7.02. The lowest BCUT2D eigenvalue weighted by Crippen LogP contribution is -2.22. The third kappa shape index (κ3) is 6.17. The number of nitrogens with zero attached hydrogens (tertiary/aromatic N) is 3. The lowest BCUT2D eigenvalue weighted by atomic mass is 10.2. The van der Waals surface area contributed by atoms with Gasteiger partial charge in [0, 0.05) is 38.8 Å². The van der Waals surface area contributed by atoms with E-state index in [1.807, 2.05) is 42.6 Å². The lowest BCUT2D eigenvalue weighted by molar-refractivity contribution is -0.115. The zero-order valence-electron chi connectivity index (χ0n) is 17.7.